The molecule has 0 aliphatic carbocycles. The topological polar surface area (TPSA) is 97.8 Å². The Kier molecular flexibility index (Phi) is 2.96. The van der Waals surface area contributed by atoms with Gasteiger partial charge in [0.25, 0.3) is 0 Å². The minimum Gasteiger partial charge on any atom is -0.437 e. The third kappa shape index (κ3) is 2.26. The van der Waals surface area contributed by atoms with E-state index in [4.69, 9.17) is 15.9 Å². The van der Waals surface area contributed by atoms with Crippen molar-refractivity contribution in [2.45, 2.75) is 0 Å². The molecule has 0 bridgehead atoms. The largest absolute Gasteiger partial charge is 0.437 e. The van der Waals surface area contributed by atoms with Crippen LogP contribution in [0.1, 0.15) is 5.69 Å². The summed E-state index contributed by atoms with van der Waals surface area (Å²) in [7, 11) is 0. The van der Waals surface area contributed by atoms with Crippen molar-refractivity contribution in [1.29, 1.82) is 5.41 Å². The maximum atomic E-state index is 7.46. The number of benzene rings is 1. The maximum Gasteiger partial charge on any atom is 0.249 e. The lowest BCUT2D eigenvalue weighted by Crippen LogP contribution is -2.15. The molecule has 0 aliphatic heterocycles. The summed E-state index contributed by atoms with van der Waals surface area (Å²) in [6, 6.07) is 9.35. The van der Waals surface area contributed by atoms with Gasteiger partial charge in [-0.05, 0) is 18.2 Å². The minimum absolute atomic E-state index is 0.188. The molecular weight excluding hydrogens is 254 g/mol. The lowest BCUT2D eigenvalue weighted by Gasteiger charge is -2.08. The summed E-state index contributed by atoms with van der Waals surface area (Å²) in [4.78, 5) is 12.3. The molecular formula is C14H11N5O. The van der Waals surface area contributed by atoms with Crippen molar-refractivity contribution in [3.63, 3.8) is 0 Å². The Morgan fingerprint density at radius 2 is 1.90 bits per heavy atom. The molecule has 0 saturated heterocycles. The fourth-order valence-electron chi connectivity index (χ4n) is 1.81. The Hall–Kier alpha value is -3.02. The highest BCUT2D eigenvalue weighted by atomic mass is 16.5. The van der Waals surface area contributed by atoms with Crippen LogP contribution >= 0.6 is 0 Å². The zero-order chi connectivity index (χ0) is 13.9. The molecule has 3 aromatic rings. The number of nitrogens with one attached hydrogen (secondary N) is 1. The van der Waals surface area contributed by atoms with Crippen molar-refractivity contribution >= 4 is 16.7 Å². The summed E-state index contributed by atoms with van der Waals surface area (Å²) >= 11 is 0. The second-order valence-electron chi connectivity index (χ2n) is 4.08. The Labute approximate surface area is 114 Å². The molecule has 0 radical (unpaired) electrons. The van der Waals surface area contributed by atoms with Crippen molar-refractivity contribution in [1.82, 2.24) is 15.0 Å². The number of aromatic nitrogens is 3. The predicted octanol–water partition coefficient (Wildman–Crippen LogP) is 2.10. The molecule has 0 saturated carbocycles. The lowest BCUT2D eigenvalue weighted by molar-refractivity contribution is 0.459. The number of nitrogens with two attached hydrogens (primary N) is 1. The molecule has 2 aromatic heterocycles. The van der Waals surface area contributed by atoms with E-state index in [1.807, 2.05) is 24.3 Å². The summed E-state index contributed by atoms with van der Waals surface area (Å²) in [5.41, 5.74) is 6.48. The number of fused-ring (bicyclic) bond motifs is 1. The number of amidine groups is 1. The van der Waals surface area contributed by atoms with E-state index in [0.29, 0.717) is 5.75 Å². The van der Waals surface area contributed by atoms with Crippen LogP contribution in [-0.4, -0.2) is 20.8 Å². The molecule has 2 heterocycles. The molecule has 20 heavy (non-hydrogen) atoms. The summed E-state index contributed by atoms with van der Waals surface area (Å²) in [5.74, 6) is 0.585. The van der Waals surface area contributed by atoms with Crippen LogP contribution in [0, 0.1) is 5.41 Å². The number of rotatable bonds is 3. The third-order valence-electron chi connectivity index (χ3n) is 2.71. The number of hydrogen-bond acceptors (Lipinski definition) is 5. The second-order valence-corrected chi connectivity index (χ2v) is 4.08. The van der Waals surface area contributed by atoms with Gasteiger partial charge in [-0.3, -0.25) is 10.4 Å². The van der Waals surface area contributed by atoms with Gasteiger partial charge in [-0.25, -0.2) is 9.97 Å². The van der Waals surface area contributed by atoms with E-state index < -0.39 is 0 Å². The molecule has 0 amide bonds. The van der Waals surface area contributed by atoms with Crippen LogP contribution in [0.3, 0.4) is 0 Å². The Morgan fingerprint density at radius 1 is 1.05 bits per heavy atom. The minimum atomic E-state index is -0.188. The van der Waals surface area contributed by atoms with Crippen molar-refractivity contribution < 1.29 is 4.74 Å². The summed E-state index contributed by atoms with van der Waals surface area (Å²) in [6.45, 7) is 0. The molecule has 98 valence electrons. The van der Waals surface area contributed by atoms with Crippen LogP contribution in [0.4, 0.5) is 0 Å². The summed E-state index contributed by atoms with van der Waals surface area (Å²) in [6.07, 6.45) is 4.67. The first-order chi connectivity index (χ1) is 9.74. The third-order valence-corrected chi connectivity index (χ3v) is 2.71. The monoisotopic (exact) mass is 265 g/mol. The number of ether oxygens (including phenoxy) is 1. The van der Waals surface area contributed by atoms with Crippen LogP contribution in [0.25, 0.3) is 10.9 Å². The van der Waals surface area contributed by atoms with E-state index in [9.17, 15) is 0 Å². The lowest BCUT2D eigenvalue weighted by atomic mass is 10.2. The first-order valence-electron chi connectivity index (χ1n) is 5.92. The van der Waals surface area contributed by atoms with Gasteiger partial charge in [-0.2, -0.15) is 0 Å². The number of hydrogen-bond donors (Lipinski definition) is 2. The highest BCUT2D eigenvalue weighted by molar-refractivity contribution is 5.95. The molecule has 0 spiro atoms. The maximum absolute atomic E-state index is 7.46. The van der Waals surface area contributed by atoms with Crippen LogP contribution in [0.5, 0.6) is 11.6 Å². The van der Waals surface area contributed by atoms with E-state index in [2.05, 4.69) is 15.0 Å². The predicted molar refractivity (Wildman–Crippen MR) is 74.9 cm³/mol. The zero-order valence-electron chi connectivity index (χ0n) is 10.4. The van der Waals surface area contributed by atoms with Gasteiger partial charge in [0.05, 0.1) is 5.52 Å². The van der Waals surface area contributed by atoms with Crippen molar-refractivity contribution in [2.24, 2.45) is 5.73 Å². The number of pyridine rings is 1. The van der Waals surface area contributed by atoms with Crippen LogP contribution in [0.2, 0.25) is 0 Å². The molecule has 0 fully saturated rings. The second kappa shape index (κ2) is 4.93. The first kappa shape index (κ1) is 12.0. The standard InChI is InChI=1S/C14H11N5O/c15-13(16)12-14(19-7-6-18-12)20-10-4-3-9-2-1-5-17-11(9)8-10/h1-8H,(H3,15,16). The number of nitrogens with zero attached hydrogens (tertiary/aromatic N) is 3. The van der Waals surface area contributed by atoms with E-state index in [0.717, 1.165) is 10.9 Å². The fourth-order valence-corrected chi connectivity index (χ4v) is 1.81. The van der Waals surface area contributed by atoms with Gasteiger partial charge in [0.15, 0.2) is 5.69 Å². The van der Waals surface area contributed by atoms with E-state index in [1.54, 1.807) is 12.3 Å². The molecule has 1 aromatic carbocycles. The Bertz CT molecular complexity index is 787. The quantitative estimate of drug-likeness (QED) is 0.558. The van der Waals surface area contributed by atoms with Crippen molar-refractivity contribution in [2.75, 3.05) is 0 Å². The molecule has 3 N–H and O–H groups in total. The summed E-state index contributed by atoms with van der Waals surface area (Å²) in [5, 5.41) is 8.48. The van der Waals surface area contributed by atoms with Crippen LogP contribution in [0.15, 0.2) is 48.9 Å². The molecule has 0 atom stereocenters. The zero-order valence-corrected chi connectivity index (χ0v) is 10.4. The van der Waals surface area contributed by atoms with Gasteiger partial charge in [0.2, 0.25) is 5.88 Å². The Morgan fingerprint density at radius 3 is 2.75 bits per heavy atom. The van der Waals surface area contributed by atoms with Crippen LogP contribution < -0.4 is 10.5 Å². The van der Waals surface area contributed by atoms with Gasteiger partial charge in [0.1, 0.15) is 11.6 Å². The average Bonchev–Trinajstić information content (AvgIpc) is 2.47. The average molecular weight is 265 g/mol. The fraction of sp³-hybridized carbons (Fsp3) is 0. The van der Waals surface area contributed by atoms with Gasteiger partial charge < -0.3 is 10.5 Å². The number of nitrogen functional groups attached to an aromatic ring is 1. The molecule has 6 heteroatoms. The SMILES string of the molecule is N=C(N)c1nccnc1Oc1ccc2cccnc2c1. The van der Waals surface area contributed by atoms with Gasteiger partial charge in [-0.1, -0.05) is 6.07 Å². The summed E-state index contributed by atoms with van der Waals surface area (Å²) < 4.78 is 5.64. The normalized spacial score (nSPS) is 10.4. The highest BCUT2D eigenvalue weighted by Gasteiger charge is 2.10. The smallest absolute Gasteiger partial charge is 0.249 e. The van der Waals surface area contributed by atoms with Gasteiger partial charge >= 0.3 is 0 Å². The first-order valence-corrected chi connectivity index (χ1v) is 5.92. The van der Waals surface area contributed by atoms with Crippen LogP contribution in [-0.2, 0) is 0 Å². The van der Waals surface area contributed by atoms with Gasteiger partial charge in [-0.15, -0.1) is 0 Å². The molecule has 0 unspecified atom stereocenters. The molecule has 3 rings (SSSR count). The molecule has 6 nitrogen and oxygen atoms in total. The highest BCUT2D eigenvalue weighted by Crippen LogP contribution is 2.24. The van der Waals surface area contributed by atoms with Gasteiger partial charge in [0, 0.05) is 30.0 Å². The van der Waals surface area contributed by atoms with E-state index in [1.165, 1.54) is 12.4 Å². The van der Waals surface area contributed by atoms with E-state index >= 15 is 0 Å². The van der Waals surface area contributed by atoms with Crippen molar-refractivity contribution in [3.05, 3.63) is 54.6 Å². The van der Waals surface area contributed by atoms with Crippen molar-refractivity contribution in [3.8, 4) is 11.6 Å². The molecule has 0 aliphatic rings. The Balaban J connectivity index is 1.99. The van der Waals surface area contributed by atoms with E-state index in [-0.39, 0.29) is 17.4 Å².